The fourth-order valence-corrected chi connectivity index (χ4v) is 1.46. The zero-order valence-corrected chi connectivity index (χ0v) is 9.43. The van der Waals surface area contributed by atoms with Crippen molar-refractivity contribution in [1.82, 2.24) is 0 Å². The number of anilines is 1. The van der Waals surface area contributed by atoms with Crippen molar-refractivity contribution in [2.75, 3.05) is 18.0 Å². The van der Waals surface area contributed by atoms with Crippen LogP contribution in [0.25, 0.3) is 0 Å². The Balaban J connectivity index is 3.07. The summed E-state index contributed by atoms with van der Waals surface area (Å²) in [4.78, 5) is 33.3. The number of amides is 2. The van der Waals surface area contributed by atoms with E-state index >= 15 is 0 Å². The summed E-state index contributed by atoms with van der Waals surface area (Å²) in [6.07, 6.45) is 0.485. The molecule has 18 heavy (non-hydrogen) atoms. The number of rotatable bonds is 6. The number of nitrogens with zero attached hydrogens (tertiary/aromatic N) is 1. The average Bonchev–Trinajstić information content (AvgIpc) is 2.26. The second-order valence-electron chi connectivity index (χ2n) is 3.62. The van der Waals surface area contributed by atoms with Crippen LogP contribution < -0.4 is 16.4 Å². The van der Waals surface area contributed by atoms with Gasteiger partial charge in [-0.15, -0.1) is 0 Å². The first-order valence-electron chi connectivity index (χ1n) is 5.00. The van der Waals surface area contributed by atoms with E-state index in [-0.39, 0.29) is 24.3 Å². The molecule has 1 aromatic rings. The minimum Gasteiger partial charge on any atom is -0.368 e. The van der Waals surface area contributed by atoms with Gasteiger partial charge >= 0.3 is 0 Å². The van der Waals surface area contributed by atoms with E-state index in [1.165, 1.54) is 12.1 Å². The van der Waals surface area contributed by atoms with E-state index in [4.69, 9.17) is 11.5 Å². The van der Waals surface area contributed by atoms with Crippen molar-refractivity contribution < 1.29 is 18.8 Å². The maximum atomic E-state index is 13.7. The number of benzene rings is 1. The SMILES string of the molecule is NC(=O)CN(CC(N)=O)c1ccc(C=O)cc1F. The lowest BCUT2D eigenvalue weighted by Crippen LogP contribution is -2.40. The molecule has 1 aromatic carbocycles. The molecule has 0 spiro atoms. The van der Waals surface area contributed by atoms with Crippen LogP contribution in [0.1, 0.15) is 10.4 Å². The molecule has 0 atom stereocenters. The topological polar surface area (TPSA) is 106 Å². The van der Waals surface area contributed by atoms with Gasteiger partial charge in [-0.25, -0.2) is 4.39 Å². The van der Waals surface area contributed by atoms with Crippen LogP contribution in [0.4, 0.5) is 10.1 Å². The summed E-state index contributed by atoms with van der Waals surface area (Å²) < 4.78 is 13.7. The van der Waals surface area contributed by atoms with Crippen LogP contribution in [-0.2, 0) is 9.59 Å². The first kappa shape index (κ1) is 13.6. The van der Waals surface area contributed by atoms with E-state index < -0.39 is 17.6 Å². The summed E-state index contributed by atoms with van der Waals surface area (Å²) in [6, 6.07) is 3.64. The van der Waals surface area contributed by atoms with Gasteiger partial charge in [0.25, 0.3) is 0 Å². The molecule has 0 bridgehead atoms. The number of hydrogen-bond donors (Lipinski definition) is 2. The maximum absolute atomic E-state index is 13.7. The molecule has 0 aromatic heterocycles. The molecule has 96 valence electrons. The highest BCUT2D eigenvalue weighted by Crippen LogP contribution is 2.19. The van der Waals surface area contributed by atoms with E-state index in [2.05, 4.69) is 0 Å². The summed E-state index contributed by atoms with van der Waals surface area (Å²) in [5, 5.41) is 0. The monoisotopic (exact) mass is 253 g/mol. The van der Waals surface area contributed by atoms with Crippen molar-refractivity contribution in [2.24, 2.45) is 11.5 Å². The highest BCUT2D eigenvalue weighted by atomic mass is 19.1. The minimum absolute atomic E-state index is 0.0156. The zero-order chi connectivity index (χ0) is 13.7. The lowest BCUT2D eigenvalue weighted by Gasteiger charge is -2.22. The van der Waals surface area contributed by atoms with E-state index in [0.717, 1.165) is 11.0 Å². The van der Waals surface area contributed by atoms with Crippen LogP contribution in [0.15, 0.2) is 18.2 Å². The fourth-order valence-electron chi connectivity index (χ4n) is 1.46. The van der Waals surface area contributed by atoms with Crippen LogP contribution in [0.2, 0.25) is 0 Å². The highest BCUT2D eigenvalue weighted by molar-refractivity contribution is 5.85. The Morgan fingerprint density at radius 1 is 1.22 bits per heavy atom. The fraction of sp³-hybridized carbons (Fsp3) is 0.182. The number of aldehydes is 1. The molecule has 0 fully saturated rings. The first-order valence-corrected chi connectivity index (χ1v) is 5.00. The van der Waals surface area contributed by atoms with Crippen molar-refractivity contribution in [2.45, 2.75) is 0 Å². The van der Waals surface area contributed by atoms with E-state index in [1.54, 1.807) is 0 Å². The highest BCUT2D eigenvalue weighted by Gasteiger charge is 2.16. The standard InChI is InChI=1S/C11H12FN3O3/c12-8-3-7(6-16)1-2-9(8)15(4-10(13)17)5-11(14)18/h1-3,6H,4-5H2,(H2,13,17)(H2,14,18). The Bertz CT molecular complexity index is 474. The minimum atomic E-state index is -0.734. The molecule has 4 N–H and O–H groups in total. The van der Waals surface area contributed by atoms with Gasteiger partial charge in [-0.1, -0.05) is 0 Å². The lowest BCUT2D eigenvalue weighted by atomic mass is 10.2. The Morgan fingerprint density at radius 2 is 1.78 bits per heavy atom. The molecular weight excluding hydrogens is 241 g/mol. The smallest absolute Gasteiger partial charge is 0.236 e. The Morgan fingerprint density at radius 3 is 2.17 bits per heavy atom. The first-order chi connectivity index (χ1) is 8.43. The predicted molar refractivity (Wildman–Crippen MR) is 62.4 cm³/mol. The van der Waals surface area contributed by atoms with E-state index in [1.807, 2.05) is 0 Å². The van der Waals surface area contributed by atoms with Crippen molar-refractivity contribution in [3.63, 3.8) is 0 Å². The molecule has 1 rings (SSSR count). The summed E-state index contributed by atoms with van der Waals surface area (Å²) in [7, 11) is 0. The third kappa shape index (κ3) is 3.55. The second kappa shape index (κ2) is 5.76. The van der Waals surface area contributed by atoms with Crippen LogP contribution in [0.3, 0.4) is 0 Å². The van der Waals surface area contributed by atoms with Crippen LogP contribution in [0.5, 0.6) is 0 Å². The third-order valence-electron chi connectivity index (χ3n) is 2.14. The molecule has 2 amide bonds. The Kier molecular flexibility index (Phi) is 4.36. The zero-order valence-electron chi connectivity index (χ0n) is 9.43. The lowest BCUT2D eigenvalue weighted by molar-refractivity contribution is -0.117. The summed E-state index contributed by atoms with van der Waals surface area (Å²) in [5.41, 5.74) is 10.1. The van der Waals surface area contributed by atoms with Gasteiger partial charge in [0.05, 0.1) is 18.8 Å². The van der Waals surface area contributed by atoms with Crippen molar-refractivity contribution in [3.05, 3.63) is 29.6 Å². The van der Waals surface area contributed by atoms with Crippen LogP contribution in [-0.4, -0.2) is 31.2 Å². The van der Waals surface area contributed by atoms with Crippen molar-refractivity contribution in [1.29, 1.82) is 0 Å². The molecule has 0 unspecified atom stereocenters. The Hall–Kier alpha value is -2.44. The molecule has 0 radical (unpaired) electrons. The molecule has 0 heterocycles. The number of carbonyl (C=O) groups is 3. The van der Waals surface area contributed by atoms with E-state index in [9.17, 15) is 18.8 Å². The second-order valence-corrected chi connectivity index (χ2v) is 3.62. The third-order valence-corrected chi connectivity index (χ3v) is 2.14. The molecule has 7 heteroatoms. The number of halogens is 1. The number of carbonyl (C=O) groups excluding carboxylic acids is 3. The van der Waals surface area contributed by atoms with Gasteiger partial charge in [-0.3, -0.25) is 14.4 Å². The number of hydrogen-bond acceptors (Lipinski definition) is 4. The van der Waals surface area contributed by atoms with Gasteiger partial charge < -0.3 is 16.4 Å². The quantitative estimate of drug-likeness (QED) is 0.661. The average molecular weight is 253 g/mol. The van der Waals surface area contributed by atoms with Gasteiger partial charge in [-0.2, -0.15) is 0 Å². The molecule has 6 nitrogen and oxygen atoms in total. The van der Waals surface area contributed by atoms with E-state index in [0.29, 0.717) is 6.29 Å². The van der Waals surface area contributed by atoms with Gasteiger partial charge in [0.1, 0.15) is 12.1 Å². The van der Waals surface area contributed by atoms with Gasteiger partial charge in [0.2, 0.25) is 11.8 Å². The largest absolute Gasteiger partial charge is 0.368 e. The molecular formula is C11H12FN3O3. The van der Waals surface area contributed by atoms with Gasteiger partial charge in [-0.05, 0) is 18.2 Å². The van der Waals surface area contributed by atoms with Crippen molar-refractivity contribution in [3.8, 4) is 0 Å². The summed E-state index contributed by atoms with van der Waals surface area (Å²) in [6.45, 7) is -0.694. The Labute approximate surface area is 102 Å². The summed E-state index contributed by atoms with van der Waals surface area (Å²) >= 11 is 0. The number of primary amides is 2. The normalized spacial score (nSPS) is 9.83. The van der Waals surface area contributed by atoms with Crippen LogP contribution in [0, 0.1) is 5.82 Å². The maximum Gasteiger partial charge on any atom is 0.236 e. The predicted octanol–water partition coefficient (Wildman–Crippen LogP) is -0.585. The van der Waals surface area contributed by atoms with Gasteiger partial charge in [0.15, 0.2) is 0 Å². The molecule has 0 saturated heterocycles. The molecule has 0 aliphatic carbocycles. The molecule has 0 aliphatic rings. The number of nitrogens with two attached hydrogens (primary N) is 2. The van der Waals surface area contributed by atoms with Crippen molar-refractivity contribution >= 4 is 23.8 Å². The van der Waals surface area contributed by atoms with Gasteiger partial charge in [0, 0.05) is 5.56 Å². The van der Waals surface area contributed by atoms with Crippen LogP contribution >= 0.6 is 0 Å². The molecule has 0 saturated carbocycles. The summed E-state index contributed by atoms with van der Waals surface area (Å²) in [5.74, 6) is -2.19. The molecule has 0 aliphatic heterocycles.